The largest absolute Gasteiger partial charge is 0.380 e. The van der Waals surface area contributed by atoms with Crippen LogP contribution in [0.2, 0.25) is 0 Å². The molecule has 0 spiro atoms. The first-order valence-electron chi connectivity index (χ1n) is 6.50. The number of ether oxygens (including phenoxy) is 2. The Hall–Kier alpha value is 0.290. The van der Waals surface area contributed by atoms with Crippen molar-refractivity contribution in [2.24, 2.45) is 5.92 Å². The van der Waals surface area contributed by atoms with Crippen molar-refractivity contribution >= 4 is 27.4 Å². The predicted octanol–water partition coefficient (Wildman–Crippen LogP) is 3.42. The molecule has 0 saturated carbocycles. The maximum Gasteiger partial charge on any atom is 0.137 e. The lowest BCUT2D eigenvalue weighted by molar-refractivity contribution is -0.122. The zero-order valence-corrected chi connectivity index (χ0v) is 13.6. The molecule has 108 valence electrons. The first-order valence-corrected chi connectivity index (χ1v) is 8.99. The summed E-state index contributed by atoms with van der Waals surface area (Å²) in [6.07, 6.45) is 0.856. The standard InChI is InChI=1S/C13H26O3S2/c1-11(2)13(14)5-6-15-7-9-17-18-10-8-16-12(3)4/h11-12H,5-10H2,1-4H3. The van der Waals surface area contributed by atoms with E-state index < -0.39 is 0 Å². The molecule has 0 radical (unpaired) electrons. The highest BCUT2D eigenvalue weighted by Crippen LogP contribution is 2.20. The zero-order valence-electron chi connectivity index (χ0n) is 11.9. The van der Waals surface area contributed by atoms with Gasteiger partial charge in [-0.3, -0.25) is 4.79 Å². The first-order chi connectivity index (χ1) is 8.54. The SMILES string of the molecule is CC(C)OCCSSCCOCCC(=O)C(C)C. The molecule has 0 amide bonds. The van der Waals surface area contributed by atoms with Gasteiger partial charge in [-0.15, -0.1) is 0 Å². The Balaban J connectivity index is 3.10. The zero-order chi connectivity index (χ0) is 13.8. The summed E-state index contributed by atoms with van der Waals surface area (Å²) in [7, 11) is 3.61. The van der Waals surface area contributed by atoms with Crippen LogP contribution in [0.15, 0.2) is 0 Å². The molecule has 0 rings (SSSR count). The van der Waals surface area contributed by atoms with E-state index >= 15 is 0 Å². The van der Waals surface area contributed by atoms with Gasteiger partial charge in [0.15, 0.2) is 0 Å². The molecule has 0 aliphatic rings. The van der Waals surface area contributed by atoms with Crippen molar-refractivity contribution in [1.82, 2.24) is 0 Å². The van der Waals surface area contributed by atoms with Crippen molar-refractivity contribution in [3.8, 4) is 0 Å². The molecule has 0 heterocycles. The van der Waals surface area contributed by atoms with Crippen molar-refractivity contribution < 1.29 is 14.3 Å². The summed E-state index contributed by atoms with van der Waals surface area (Å²) in [5.41, 5.74) is 0. The molecule has 0 N–H and O–H groups in total. The van der Waals surface area contributed by atoms with E-state index in [2.05, 4.69) is 0 Å². The molecule has 0 aromatic rings. The van der Waals surface area contributed by atoms with Crippen molar-refractivity contribution in [3.05, 3.63) is 0 Å². The van der Waals surface area contributed by atoms with Crippen molar-refractivity contribution in [1.29, 1.82) is 0 Å². The Morgan fingerprint density at radius 1 is 1.00 bits per heavy atom. The lowest BCUT2D eigenvalue weighted by atomic mass is 10.1. The topological polar surface area (TPSA) is 35.5 Å². The monoisotopic (exact) mass is 294 g/mol. The summed E-state index contributed by atoms with van der Waals surface area (Å²) in [6.45, 7) is 10.0. The van der Waals surface area contributed by atoms with Crippen molar-refractivity contribution in [3.63, 3.8) is 0 Å². The Morgan fingerprint density at radius 2 is 1.61 bits per heavy atom. The molecular weight excluding hydrogens is 268 g/mol. The lowest BCUT2D eigenvalue weighted by Crippen LogP contribution is -2.11. The summed E-state index contributed by atoms with van der Waals surface area (Å²) in [5, 5.41) is 0. The van der Waals surface area contributed by atoms with E-state index in [1.54, 1.807) is 10.8 Å². The van der Waals surface area contributed by atoms with Gasteiger partial charge in [0.25, 0.3) is 0 Å². The molecule has 18 heavy (non-hydrogen) atoms. The highest BCUT2D eigenvalue weighted by molar-refractivity contribution is 8.76. The van der Waals surface area contributed by atoms with Crippen molar-refractivity contribution in [2.45, 2.75) is 40.2 Å². The fourth-order valence-electron chi connectivity index (χ4n) is 1.09. The van der Waals surface area contributed by atoms with Crippen LogP contribution in [0.5, 0.6) is 0 Å². The highest BCUT2D eigenvalue weighted by atomic mass is 33.1. The Morgan fingerprint density at radius 3 is 2.17 bits per heavy atom. The maximum absolute atomic E-state index is 11.3. The number of carbonyl (C=O) groups is 1. The van der Waals surface area contributed by atoms with Gasteiger partial charge in [-0.25, -0.2) is 0 Å². The van der Waals surface area contributed by atoms with E-state index in [1.807, 2.05) is 38.5 Å². The Kier molecular flexibility index (Phi) is 12.5. The smallest absolute Gasteiger partial charge is 0.137 e. The number of rotatable bonds is 12. The maximum atomic E-state index is 11.3. The van der Waals surface area contributed by atoms with Gasteiger partial charge in [0.1, 0.15) is 5.78 Å². The van der Waals surface area contributed by atoms with Crippen LogP contribution in [0.4, 0.5) is 0 Å². The molecule has 0 aromatic carbocycles. The minimum atomic E-state index is 0.125. The Bertz CT molecular complexity index is 208. The van der Waals surface area contributed by atoms with Crippen LogP contribution in [0.25, 0.3) is 0 Å². The van der Waals surface area contributed by atoms with E-state index in [0.717, 1.165) is 18.1 Å². The van der Waals surface area contributed by atoms with Gasteiger partial charge in [-0.2, -0.15) is 0 Å². The summed E-state index contributed by atoms with van der Waals surface area (Å²) in [5.74, 6) is 2.37. The van der Waals surface area contributed by atoms with Crippen LogP contribution >= 0.6 is 21.6 Å². The first kappa shape index (κ1) is 18.3. The van der Waals surface area contributed by atoms with Gasteiger partial charge >= 0.3 is 0 Å². The molecule has 3 nitrogen and oxygen atoms in total. The molecule has 0 aliphatic heterocycles. The van der Waals surface area contributed by atoms with E-state index in [0.29, 0.717) is 25.7 Å². The average Bonchev–Trinajstić information content (AvgIpc) is 2.30. The number of Topliss-reactive ketones (excluding diaryl/α,β-unsaturated/α-hetero) is 1. The molecular formula is C13H26O3S2. The van der Waals surface area contributed by atoms with E-state index in [1.165, 1.54) is 0 Å². The third kappa shape index (κ3) is 12.7. The molecule has 0 saturated heterocycles. The van der Waals surface area contributed by atoms with Gasteiger partial charge in [0, 0.05) is 23.8 Å². The minimum absolute atomic E-state index is 0.125. The molecule has 0 unspecified atom stereocenters. The summed E-state index contributed by atoms with van der Waals surface area (Å²) in [6, 6.07) is 0. The summed E-state index contributed by atoms with van der Waals surface area (Å²) >= 11 is 0. The van der Waals surface area contributed by atoms with Crippen LogP contribution in [-0.2, 0) is 14.3 Å². The molecule has 0 aromatic heterocycles. The molecule has 5 heteroatoms. The predicted molar refractivity (Wildman–Crippen MR) is 81.3 cm³/mol. The van der Waals surface area contributed by atoms with E-state index in [-0.39, 0.29) is 11.7 Å². The highest BCUT2D eigenvalue weighted by Gasteiger charge is 2.05. The second-order valence-electron chi connectivity index (χ2n) is 4.55. The van der Waals surface area contributed by atoms with Gasteiger partial charge in [0.2, 0.25) is 0 Å². The van der Waals surface area contributed by atoms with Crippen LogP contribution in [0.1, 0.15) is 34.1 Å². The molecule has 0 fully saturated rings. The summed E-state index contributed by atoms with van der Waals surface area (Å²) in [4.78, 5) is 11.3. The number of hydrogen-bond donors (Lipinski definition) is 0. The normalized spacial score (nSPS) is 11.4. The summed E-state index contributed by atoms with van der Waals surface area (Å²) < 4.78 is 10.8. The molecule has 0 atom stereocenters. The van der Waals surface area contributed by atoms with Crippen LogP contribution in [0, 0.1) is 5.92 Å². The Labute approximate surface area is 119 Å². The van der Waals surface area contributed by atoms with Gasteiger partial charge in [-0.05, 0) is 13.8 Å². The number of hydrogen-bond acceptors (Lipinski definition) is 5. The quantitative estimate of drug-likeness (QED) is 0.407. The molecule has 0 bridgehead atoms. The fraction of sp³-hybridized carbons (Fsp3) is 0.923. The van der Waals surface area contributed by atoms with Gasteiger partial charge in [-0.1, -0.05) is 35.4 Å². The molecule has 0 aliphatic carbocycles. The van der Waals surface area contributed by atoms with Crippen LogP contribution < -0.4 is 0 Å². The van der Waals surface area contributed by atoms with Gasteiger partial charge in [0.05, 0.1) is 25.9 Å². The second-order valence-corrected chi connectivity index (χ2v) is 7.25. The third-order valence-electron chi connectivity index (χ3n) is 2.15. The second kappa shape index (κ2) is 12.3. The van der Waals surface area contributed by atoms with Crippen molar-refractivity contribution in [2.75, 3.05) is 31.3 Å². The average molecular weight is 294 g/mol. The fourth-order valence-corrected chi connectivity index (χ4v) is 2.79. The van der Waals surface area contributed by atoms with Crippen LogP contribution in [-0.4, -0.2) is 43.2 Å². The van der Waals surface area contributed by atoms with Crippen LogP contribution in [0.3, 0.4) is 0 Å². The van der Waals surface area contributed by atoms with E-state index in [9.17, 15) is 4.79 Å². The van der Waals surface area contributed by atoms with E-state index in [4.69, 9.17) is 9.47 Å². The minimum Gasteiger partial charge on any atom is -0.380 e. The third-order valence-corrected chi connectivity index (χ3v) is 4.48. The lowest BCUT2D eigenvalue weighted by Gasteiger charge is -2.07. The number of ketones is 1. The number of carbonyl (C=O) groups excluding carboxylic acids is 1. The van der Waals surface area contributed by atoms with Gasteiger partial charge < -0.3 is 9.47 Å².